The molecule has 1 amide bonds. The van der Waals surface area contributed by atoms with Gasteiger partial charge >= 0.3 is 0 Å². The fourth-order valence-corrected chi connectivity index (χ4v) is 4.54. The molecule has 0 radical (unpaired) electrons. The number of nitrogens with zero attached hydrogens (tertiary/aromatic N) is 2. The van der Waals surface area contributed by atoms with Gasteiger partial charge in [-0.2, -0.15) is 0 Å². The van der Waals surface area contributed by atoms with Crippen molar-refractivity contribution in [2.75, 3.05) is 7.11 Å². The Morgan fingerprint density at radius 1 is 1.08 bits per heavy atom. The highest BCUT2D eigenvalue weighted by atomic mass is 19.1. The predicted molar refractivity (Wildman–Crippen MR) is 138 cm³/mol. The van der Waals surface area contributed by atoms with Crippen molar-refractivity contribution in [1.29, 1.82) is 0 Å². The quantitative estimate of drug-likeness (QED) is 0.304. The minimum Gasteiger partial charge on any atom is -0.497 e. The smallest absolute Gasteiger partial charge is 0.221 e. The number of aromatic amines is 1. The summed E-state index contributed by atoms with van der Waals surface area (Å²) in [5.41, 5.74) is 4.90. The molecule has 3 aromatic carbocycles. The van der Waals surface area contributed by atoms with Crippen molar-refractivity contribution in [1.82, 2.24) is 19.9 Å². The molecule has 0 saturated heterocycles. The number of ether oxygens (including phenoxy) is 1. The lowest BCUT2D eigenvalue weighted by Crippen LogP contribution is -2.31. The molecule has 5 rings (SSSR count). The Kier molecular flexibility index (Phi) is 6.54. The predicted octanol–water partition coefficient (Wildman–Crippen LogP) is 5.55. The van der Waals surface area contributed by atoms with Crippen molar-refractivity contribution in [3.63, 3.8) is 0 Å². The second-order valence-electron chi connectivity index (χ2n) is 8.70. The second kappa shape index (κ2) is 10.1. The molecule has 0 spiro atoms. The van der Waals surface area contributed by atoms with Gasteiger partial charge in [0.05, 0.1) is 7.11 Å². The van der Waals surface area contributed by atoms with E-state index in [1.54, 1.807) is 25.4 Å². The van der Waals surface area contributed by atoms with E-state index >= 15 is 0 Å². The van der Waals surface area contributed by atoms with Gasteiger partial charge in [0.2, 0.25) is 5.91 Å². The first-order valence-electron chi connectivity index (χ1n) is 11.8. The number of imidazole rings is 1. The van der Waals surface area contributed by atoms with Crippen molar-refractivity contribution >= 4 is 16.8 Å². The maximum atomic E-state index is 13.5. The molecule has 0 aliphatic rings. The highest BCUT2D eigenvalue weighted by Crippen LogP contribution is 2.32. The fourth-order valence-electron chi connectivity index (χ4n) is 4.54. The summed E-state index contributed by atoms with van der Waals surface area (Å²) >= 11 is 0. The van der Waals surface area contributed by atoms with Gasteiger partial charge < -0.3 is 19.6 Å². The Morgan fingerprint density at radius 2 is 1.83 bits per heavy atom. The minimum absolute atomic E-state index is 0.113. The number of nitrogens with one attached hydrogen (secondary N) is 2. The molecule has 0 fully saturated rings. The molecule has 2 aromatic heterocycles. The van der Waals surface area contributed by atoms with E-state index in [0.29, 0.717) is 12.2 Å². The molecule has 0 saturated carbocycles. The van der Waals surface area contributed by atoms with Crippen LogP contribution in [-0.4, -0.2) is 27.6 Å². The summed E-state index contributed by atoms with van der Waals surface area (Å²) in [5.74, 6) is 1.03. The fraction of sp³-hybridized carbons (Fsp3) is 0.172. The molecule has 0 aliphatic carbocycles. The molecule has 182 valence electrons. The summed E-state index contributed by atoms with van der Waals surface area (Å²) in [5, 5.41) is 4.20. The van der Waals surface area contributed by atoms with Crippen molar-refractivity contribution in [3.05, 3.63) is 108 Å². The topological polar surface area (TPSA) is 71.9 Å². The normalized spacial score (nSPS) is 12.0. The summed E-state index contributed by atoms with van der Waals surface area (Å²) in [6, 6.07) is 21.6. The van der Waals surface area contributed by atoms with Crippen LogP contribution < -0.4 is 10.1 Å². The minimum atomic E-state index is -0.484. The van der Waals surface area contributed by atoms with Crippen LogP contribution >= 0.6 is 0 Å². The Labute approximate surface area is 208 Å². The van der Waals surface area contributed by atoms with Crippen molar-refractivity contribution in [2.24, 2.45) is 7.05 Å². The lowest BCUT2D eigenvalue weighted by Gasteiger charge is -2.19. The van der Waals surface area contributed by atoms with Crippen molar-refractivity contribution in [2.45, 2.75) is 18.9 Å². The molecule has 1 atom stereocenters. The number of aryl methyl sites for hydroxylation is 2. The Bertz CT molecular complexity index is 1490. The maximum Gasteiger partial charge on any atom is 0.221 e. The first-order valence-corrected chi connectivity index (χ1v) is 11.8. The lowest BCUT2D eigenvalue weighted by molar-refractivity contribution is -0.121. The van der Waals surface area contributed by atoms with Crippen LogP contribution in [0.4, 0.5) is 4.39 Å². The number of rotatable bonds is 8. The Morgan fingerprint density at radius 3 is 2.53 bits per heavy atom. The molecule has 6 nitrogen and oxygen atoms in total. The number of carbonyl (C=O) groups excluding carboxylic acids is 1. The van der Waals surface area contributed by atoms with E-state index in [4.69, 9.17) is 4.74 Å². The third kappa shape index (κ3) is 4.73. The Balaban J connectivity index is 1.40. The number of hydrogen-bond acceptors (Lipinski definition) is 3. The van der Waals surface area contributed by atoms with E-state index in [1.165, 1.54) is 12.1 Å². The standard InChI is InChI=1S/C29H27FN4O2/c1-34-18-17-31-29(34)28(20-7-11-21(30)12-8-20)33-26(35)16-15-24-23-5-3-4-6-25(23)32-27(24)19-9-13-22(36-2)14-10-19/h3-14,17-18,28,32H,15-16H2,1-2H3,(H,33,35). The molecule has 36 heavy (non-hydrogen) atoms. The van der Waals surface area contributed by atoms with Crippen LogP contribution in [0.15, 0.2) is 85.2 Å². The van der Waals surface area contributed by atoms with Crippen LogP contribution in [-0.2, 0) is 18.3 Å². The van der Waals surface area contributed by atoms with Crippen LogP contribution in [0.1, 0.15) is 29.4 Å². The maximum absolute atomic E-state index is 13.5. The number of benzene rings is 3. The number of para-hydroxylation sites is 1. The van der Waals surface area contributed by atoms with E-state index in [0.717, 1.165) is 39.0 Å². The highest BCUT2D eigenvalue weighted by molar-refractivity contribution is 5.91. The van der Waals surface area contributed by atoms with E-state index in [1.807, 2.05) is 60.3 Å². The molecule has 1 unspecified atom stereocenters. The monoisotopic (exact) mass is 482 g/mol. The Hall–Kier alpha value is -4.39. The number of aromatic nitrogens is 3. The van der Waals surface area contributed by atoms with Gasteiger partial charge in [-0.15, -0.1) is 0 Å². The summed E-state index contributed by atoms with van der Waals surface area (Å²) in [6.45, 7) is 0. The average Bonchev–Trinajstić information content (AvgIpc) is 3.50. The number of amides is 1. The van der Waals surface area contributed by atoms with Crippen LogP contribution in [0.5, 0.6) is 5.75 Å². The summed E-state index contributed by atoms with van der Waals surface area (Å²) in [7, 11) is 3.52. The van der Waals surface area contributed by atoms with Crippen LogP contribution in [0, 0.1) is 5.82 Å². The first kappa shape index (κ1) is 23.4. The highest BCUT2D eigenvalue weighted by Gasteiger charge is 2.22. The zero-order chi connectivity index (χ0) is 25.1. The third-order valence-electron chi connectivity index (χ3n) is 6.42. The zero-order valence-corrected chi connectivity index (χ0v) is 20.2. The molecular weight excluding hydrogens is 455 g/mol. The molecule has 2 N–H and O–H groups in total. The van der Waals surface area contributed by atoms with E-state index in [-0.39, 0.29) is 18.1 Å². The van der Waals surface area contributed by atoms with Crippen molar-refractivity contribution in [3.8, 4) is 17.0 Å². The van der Waals surface area contributed by atoms with Gasteiger partial charge in [0, 0.05) is 42.5 Å². The van der Waals surface area contributed by atoms with Gasteiger partial charge in [-0.3, -0.25) is 4.79 Å². The number of methoxy groups -OCH3 is 1. The molecule has 2 heterocycles. The summed E-state index contributed by atoms with van der Waals surface area (Å²) in [4.78, 5) is 21.2. The first-order chi connectivity index (χ1) is 17.5. The molecule has 0 aliphatic heterocycles. The zero-order valence-electron chi connectivity index (χ0n) is 20.2. The number of hydrogen-bond donors (Lipinski definition) is 2. The van der Waals surface area contributed by atoms with Gasteiger partial charge in [-0.1, -0.05) is 30.3 Å². The van der Waals surface area contributed by atoms with E-state index < -0.39 is 6.04 Å². The molecule has 7 heteroatoms. The van der Waals surface area contributed by atoms with Gasteiger partial charge in [0.25, 0.3) is 0 Å². The largest absolute Gasteiger partial charge is 0.497 e. The van der Waals surface area contributed by atoms with Gasteiger partial charge in [-0.25, -0.2) is 9.37 Å². The SMILES string of the molecule is COc1ccc(-c2[nH]c3ccccc3c2CCC(=O)NC(c2ccc(F)cc2)c2nccn2C)cc1. The van der Waals surface area contributed by atoms with E-state index in [2.05, 4.69) is 21.4 Å². The summed E-state index contributed by atoms with van der Waals surface area (Å²) < 4.78 is 20.7. The molecule has 5 aromatic rings. The summed E-state index contributed by atoms with van der Waals surface area (Å²) in [6.07, 6.45) is 4.34. The third-order valence-corrected chi connectivity index (χ3v) is 6.42. The van der Waals surface area contributed by atoms with Crippen LogP contribution in [0.25, 0.3) is 22.2 Å². The van der Waals surface area contributed by atoms with Crippen LogP contribution in [0.2, 0.25) is 0 Å². The number of halogens is 1. The van der Waals surface area contributed by atoms with Gasteiger partial charge in [0.1, 0.15) is 23.4 Å². The second-order valence-corrected chi connectivity index (χ2v) is 8.70. The molecular formula is C29H27FN4O2. The average molecular weight is 483 g/mol. The molecule has 0 bridgehead atoms. The van der Waals surface area contributed by atoms with E-state index in [9.17, 15) is 9.18 Å². The van der Waals surface area contributed by atoms with Gasteiger partial charge in [0.15, 0.2) is 0 Å². The number of carbonyl (C=O) groups is 1. The number of H-pyrrole nitrogens is 1. The van der Waals surface area contributed by atoms with Crippen LogP contribution in [0.3, 0.4) is 0 Å². The van der Waals surface area contributed by atoms with Crippen molar-refractivity contribution < 1.29 is 13.9 Å². The number of fused-ring (bicyclic) bond motifs is 1. The van der Waals surface area contributed by atoms with Gasteiger partial charge in [-0.05, 0) is 65.6 Å². The lowest BCUT2D eigenvalue weighted by atomic mass is 10.0.